The smallest absolute Gasteiger partial charge is 0.282 e. The molecule has 146 valence electrons. The highest BCUT2D eigenvalue weighted by Crippen LogP contribution is 2.27. The molecule has 1 saturated heterocycles. The number of nitrogens with one attached hydrogen (secondary N) is 1. The Kier molecular flexibility index (Phi) is 5.58. The zero-order valence-electron chi connectivity index (χ0n) is 16.5. The molecule has 3 aromatic rings. The van der Waals surface area contributed by atoms with E-state index in [9.17, 15) is 0 Å². The van der Waals surface area contributed by atoms with Gasteiger partial charge in [0.05, 0.1) is 39.0 Å². The number of piperazine rings is 1. The van der Waals surface area contributed by atoms with Crippen molar-refractivity contribution in [2.75, 3.05) is 38.2 Å². The van der Waals surface area contributed by atoms with Crippen molar-refractivity contribution < 1.29 is 14.2 Å². The second-order valence-electron chi connectivity index (χ2n) is 7.15. The summed E-state index contributed by atoms with van der Waals surface area (Å²) in [6.45, 7) is 6.93. The Morgan fingerprint density at radius 3 is 2.54 bits per heavy atom. The number of para-hydroxylation sites is 2. The van der Waals surface area contributed by atoms with Gasteiger partial charge in [0.2, 0.25) is 5.82 Å². The van der Waals surface area contributed by atoms with Crippen molar-refractivity contribution in [1.82, 2.24) is 10.1 Å². The van der Waals surface area contributed by atoms with Gasteiger partial charge in [-0.1, -0.05) is 48.5 Å². The average Bonchev–Trinajstić information content (AvgIpc) is 3.23. The number of hydrogen-bond donors (Lipinski definition) is 1. The first kappa shape index (κ1) is 18.5. The second-order valence-corrected chi connectivity index (χ2v) is 7.15. The molecule has 4 rings (SSSR count). The van der Waals surface area contributed by atoms with Gasteiger partial charge in [0.1, 0.15) is 5.75 Å². The molecule has 1 aromatic heterocycles. The summed E-state index contributed by atoms with van der Waals surface area (Å²) < 4.78 is 11.0. The van der Waals surface area contributed by atoms with Gasteiger partial charge < -0.3 is 19.1 Å². The van der Waals surface area contributed by atoms with E-state index < -0.39 is 0 Å². The van der Waals surface area contributed by atoms with Crippen LogP contribution >= 0.6 is 0 Å². The molecular weight excluding hydrogens is 352 g/mol. The zero-order valence-corrected chi connectivity index (χ0v) is 16.5. The molecule has 0 bridgehead atoms. The van der Waals surface area contributed by atoms with E-state index in [1.807, 2.05) is 12.1 Å². The van der Waals surface area contributed by atoms with Crippen molar-refractivity contribution in [3.05, 3.63) is 60.0 Å². The van der Waals surface area contributed by atoms with Gasteiger partial charge in [-0.3, -0.25) is 0 Å². The zero-order chi connectivity index (χ0) is 19.3. The van der Waals surface area contributed by atoms with Crippen LogP contribution < -0.4 is 14.5 Å². The van der Waals surface area contributed by atoms with Crippen molar-refractivity contribution in [3.63, 3.8) is 0 Å². The van der Waals surface area contributed by atoms with Crippen LogP contribution in [0.25, 0.3) is 11.4 Å². The molecule has 2 aromatic carbocycles. The third kappa shape index (κ3) is 4.02. The fourth-order valence-electron chi connectivity index (χ4n) is 3.68. The molecule has 1 fully saturated rings. The third-order valence-electron chi connectivity index (χ3n) is 5.39. The first-order valence-corrected chi connectivity index (χ1v) is 9.90. The predicted molar refractivity (Wildman–Crippen MR) is 109 cm³/mol. The van der Waals surface area contributed by atoms with E-state index in [0.29, 0.717) is 11.7 Å². The molecule has 6 nitrogen and oxygen atoms in total. The number of hydrogen-bond acceptors (Lipinski definition) is 5. The van der Waals surface area contributed by atoms with Crippen molar-refractivity contribution in [3.8, 4) is 17.1 Å². The van der Waals surface area contributed by atoms with Crippen molar-refractivity contribution in [2.24, 2.45) is 0 Å². The number of quaternary nitrogens is 1. The average molecular weight is 379 g/mol. The lowest BCUT2D eigenvalue weighted by Gasteiger charge is -2.33. The highest BCUT2D eigenvalue weighted by atomic mass is 16.5. The molecule has 0 saturated carbocycles. The Bertz CT molecular complexity index is 899. The number of aromatic nitrogens is 2. The largest absolute Gasteiger partial charge is 0.495 e. The van der Waals surface area contributed by atoms with Gasteiger partial charge in [0.25, 0.3) is 5.89 Å². The summed E-state index contributed by atoms with van der Waals surface area (Å²) in [4.78, 5) is 8.45. The summed E-state index contributed by atoms with van der Waals surface area (Å²) in [5.41, 5.74) is 3.48. The number of anilines is 1. The highest BCUT2D eigenvalue weighted by Gasteiger charge is 2.24. The minimum Gasteiger partial charge on any atom is -0.495 e. The molecule has 2 heterocycles. The SMILES string of the molecule is CCc1ccc(-c2noc(C[NH+]3CCN(c4ccccc4OC)CC3)n2)cc1. The van der Waals surface area contributed by atoms with Gasteiger partial charge >= 0.3 is 0 Å². The van der Waals surface area contributed by atoms with Gasteiger partial charge in [-0.2, -0.15) is 4.98 Å². The molecule has 28 heavy (non-hydrogen) atoms. The number of rotatable bonds is 6. The lowest BCUT2D eigenvalue weighted by atomic mass is 10.1. The van der Waals surface area contributed by atoms with E-state index in [-0.39, 0.29) is 0 Å². The summed E-state index contributed by atoms with van der Waals surface area (Å²) in [6, 6.07) is 16.6. The Hall–Kier alpha value is -2.86. The van der Waals surface area contributed by atoms with E-state index >= 15 is 0 Å². The summed E-state index contributed by atoms with van der Waals surface area (Å²) in [6.07, 6.45) is 1.03. The predicted octanol–water partition coefficient (Wildman–Crippen LogP) is 2.21. The molecule has 0 aliphatic carbocycles. The number of ether oxygens (including phenoxy) is 1. The summed E-state index contributed by atoms with van der Waals surface area (Å²) >= 11 is 0. The van der Waals surface area contributed by atoms with Crippen molar-refractivity contribution in [1.29, 1.82) is 0 Å². The summed E-state index contributed by atoms with van der Waals surface area (Å²) in [5.74, 6) is 2.31. The number of aryl methyl sites for hydroxylation is 1. The third-order valence-corrected chi connectivity index (χ3v) is 5.39. The lowest BCUT2D eigenvalue weighted by molar-refractivity contribution is -0.915. The van der Waals surface area contributed by atoms with E-state index in [4.69, 9.17) is 9.26 Å². The minimum atomic E-state index is 0.671. The number of benzene rings is 2. The summed E-state index contributed by atoms with van der Waals surface area (Å²) in [7, 11) is 1.73. The van der Waals surface area contributed by atoms with Gasteiger partial charge in [-0.25, -0.2) is 0 Å². The van der Waals surface area contributed by atoms with E-state index in [2.05, 4.69) is 58.4 Å². The first-order valence-electron chi connectivity index (χ1n) is 9.90. The highest BCUT2D eigenvalue weighted by molar-refractivity contribution is 5.58. The maximum atomic E-state index is 5.51. The molecular formula is C22H27N4O2+. The van der Waals surface area contributed by atoms with Crippen LogP contribution in [-0.4, -0.2) is 43.4 Å². The second kappa shape index (κ2) is 8.44. The molecule has 0 spiro atoms. The number of methoxy groups -OCH3 is 1. The normalized spacial score (nSPS) is 15.0. The molecule has 1 aliphatic rings. The Labute approximate surface area is 165 Å². The van der Waals surface area contributed by atoms with Crippen LogP contribution in [0.4, 0.5) is 5.69 Å². The fourth-order valence-corrected chi connectivity index (χ4v) is 3.68. The topological polar surface area (TPSA) is 55.8 Å². The Morgan fingerprint density at radius 1 is 1.07 bits per heavy atom. The van der Waals surface area contributed by atoms with Crippen LogP contribution in [0.3, 0.4) is 0 Å². The van der Waals surface area contributed by atoms with E-state index in [1.54, 1.807) is 7.11 Å². The fraction of sp³-hybridized carbons (Fsp3) is 0.364. The molecule has 0 atom stereocenters. The van der Waals surface area contributed by atoms with Crippen LogP contribution in [-0.2, 0) is 13.0 Å². The molecule has 0 amide bonds. The molecule has 1 N–H and O–H groups in total. The maximum absolute atomic E-state index is 5.51. The quantitative estimate of drug-likeness (QED) is 0.712. The van der Waals surface area contributed by atoms with Gasteiger partial charge in [0.15, 0.2) is 6.54 Å². The molecule has 0 radical (unpaired) electrons. The molecule has 6 heteroatoms. The van der Waals surface area contributed by atoms with E-state index in [0.717, 1.165) is 50.5 Å². The van der Waals surface area contributed by atoms with Crippen LogP contribution in [0, 0.1) is 0 Å². The van der Waals surface area contributed by atoms with Gasteiger partial charge in [-0.15, -0.1) is 0 Å². The van der Waals surface area contributed by atoms with Crippen molar-refractivity contribution in [2.45, 2.75) is 19.9 Å². The lowest BCUT2D eigenvalue weighted by Crippen LogP contribution is -3.13. The van der Waals surface area contributed by atoms with Crippen molar-refractivity contribution >= 4 is 5.69 Å². The first-order chi connectivity index (χ1) is 13.8. The summed E-state index contributed by atoms with van der Waals surface area (Å²) in [5, 5.41) is 4.17. The Morgan fingerprint density at radius 2 is 1.82 bits per heavy atom. The van der Waals surface area contributed by atoms with Crippen LogP contribution in [0.5, 0.6) is 5.75 Å². The van der Waals surface area contributed by atoms with Gasteiger partial charge in [0, 0.05) is 5.56 Å². The van der Waals surface area contributed by atoms with Crippen LogP contribution in [0.2, 0.25) is 0 Å². The standard InChI is InChI=1S/C22H26N4O2/c1-3-17-8-10-18(11-9-17)22-23-21(28-24-22)16-25-12-14-26(15-13-25)19-6-4-5-7-20(19)27-2/h4-11H,3,12-16H2,1-2H3/p+1. The number of nitrogens with zero attached hydrogens (tertiary/aromatic N) is 3. The Balaban J connectivity index is 1.35. The van der Waals surface area contributed by atoms with Gasteiger partial charge in [-0.05, 0) is 24.1 Å². The molecule has 0 unspecified atom stereocenters. The molecule has 1 aliphatic heterocycles. The van der Waals surface area contributed by atoms with Crippen LogP contribution in [0.1, 0.15) is 18.4 Å². The maximum Gasteiger partial charge on any atom is 0.282 e. The van der Waals surface area contributed by atoms with E-state index in [1.165, 1.54) is 16.2 Å². The monoisotopic (exact) mass is 379 g/mol. The van der Waals surface area contributed by atoms with Crippen LogP contribution in [0.15, 0.2) is 53.1 Å². The minimum absolute atomic E-state index is 0.671.